The Morgan fingerprint density at radius 1 is 0.829 bits per heavy atom. The van der Waals surface area contributed by atoms with E-state index in [2.05, 4.69) is 13.8 Å². The van der Waals surface area contributed by atoms with E-state index in [4.69, 9.17) is 0 Å². The minimum Gasteiger partial charge on any atom is -0.206 e. The van der Waals surface area contributed by atoms with Crippen LogP contribution in [0.2, 0.25) is 0 Å². The molecule has 0 aromatic heterocycles. The Labute approximate surface area is 210 Å². The average molecular weight is 493 g/mol. The largest absolute Gasteiger partial charge is 0.419 e. The maximum Gasteiger partial charge on any atom is 0.419 e. The highest BCUT2D eigenvalue weighted by Gasteiger charge is 2.39. The lowest BCUT2D eigenvalue weighted by molar-refractivity contribution is -0.140. The van der Waals surface area contributed by atoms with Gasteiger partial charge in [0.1, 0.15) is 5.82 Å². The Kier molecular flexibility index (Phi) is 9.03. The Bertz CT molecular complexity index is 830. The number of halogens is 4. The van der Waals surface area contributed by atoms with Crippen LogP contribution in [0.1, 0.15) is 126 Å². The molecule has 35 heavy (non-hydrogen) atoms. The summed E-state index contributed by atoms with van der Waals surface area (Å²) < 4.78 is 57.1. The third kappa shape index (κ3) is 6.72. The molecular weight excluding hydrogens is 448 g/mol. The zero-order chi connectivity index (χ0) is 25.0. The lowest BCUT2D eigenvalue weighted by atomic mass is 9.68. The van der Waals surface area contributed by atoms with Gasteiger partial charge >= 0.3 is 6.18 Å². The van der Waals surface area contributed by atoms with Crippen molar-refractivity contribution in [1.29, 1.82) is 0 Å². The van der Waals surface area contributed by atoms with Crippen molar-refractivity contribution in [2.45, 2.75) is 116 Å². The van der Waals surface area contributed by atoms with Crippen molar-refractivity contribution in [1.82, 2.24) is 0 Å². The molecule has 0 aliphatic heterocycles. The fourth-order valence-corrected chi connectivity index (χ4v) is 7.33. The smallest absolute Gasteiger partial charge is 0.206 e. The van der Waals surface area contributed by atoms with Crippen LogP contribution >= 0.6 is 0 Å². The molecule has 1 aromatic carbocycles. The zero-order valence-corrected chi connectivity index (χ0v) is 21.7. The first-order chi connectivity index (χ1) is 16.8. The maximum absolute atomic E-state index is 15.3. The highest BCUT2D eigenvalue weighted by Crippen LogP contribution is 2.44. The molecule has 4 rings (SSSR count). The number of rotatable bonds is 6. The summed E-state index contributed by atoms with van der Waals surface area (Å²) >= 11 is 0. The predicted octanol–water partition coefficient (Wildman–Crippen LogP) is 10.6. The first-order valence-corrected chi connectivity index (χ1v) is 14.3. The third-order valence-corrected chi connectivity index (χ3v) is 9.56. The van der Waals surface area contributed by atoms with Gasteiger partial charge in [0.05, 0.1) is 5.56 Å². The topological polar surface area (TPSA) is 0 Å². The molecule has 0 amide bonds. The minimum atomic E-state index is -4.68. The lowest BCUT2D eigenvalue weighted by Gasteiger charge is -2.37. The number of hydrogen-bond donors (Lipinski definition) is 0. The zero-order valence-electron chi connectivity index (χ0n) is 21.7. The fraction of sp³-hybridized carbons (Fsp3) is 0.742. The van der Waals surface area contributed by atoms with E-state index in [1.54, 1.807) is 12.1 Å². The van der Waals surface area contributed by atoms with Gasteiger partial charge in [0.2, 0.25) is 0 Å². The number of hydrogen-bond acceptors (Lipinski definition) is 0. The summed E-state index contributed by atoms with van der Waals surface area (Å²) in [6, 6.07) is 3.13. The molecule has 0 unspecified atom stereocenters. The van der Waals surface area contributed by atoms with Gasteiger partial charge in [0, 0.05) is 0 Å². The Hall–Kier alpha value is -1.32. The monoisotopic (exact) mass is 492 g/mol. The molecular formula is C31H44F4. The van der Waals surface area contributed by atoms with Crippen molar-refractivity contribution >= 4 is 6.08 Å². The Morgan fingerprint density at radius 2 is 1.43 bits per heavy atom. The summed E-state index contributed by atoms with van der Waals surface area (Å²) in [5.74, 6) is 2.28. The van der Waals surface area contributed by atoms with E-state index in [1.165, 1.54) is 57.4 Å². The molecule has 0 nitrogen and oxygen atoms in total. The standard InChI is InChI=1S/C31H44F4/c1-3-4-22-7-14-24(15-8-22)25-16-9-23(10-17-25)11-18-27-19-20-28(26-12-5-21(2)6-13-26)30(32)29(27)31(33,34)35/h11,18-26H,3-10,12-17H2,1-2H3. The first kappa shape index (κ1) is 26.7. The molecule has 3 aliphatic carbocycles. The molecule has 0 bridgehead atoms. The van der Waals surface area contributed by atoms with Crippen molar-refractivity contribution in [3.8, 4) is 0 Å². The van der Waals surface area contributed by atoms with E-state index in [0.717, 1.165) is 56.3 Å². The van der Waals surface area contributed by atoms with Crippen LogP contribution in [0.5, 0.6) is 0 Å². The summed E-state index contributed by atoms with van der Waals surface area (Å²) in [5.41, 5.74) is -0.822. The summed E-state index contributed by atoms with van der Waals surface area (Å²) in [5, 5.41) is 0. The normalized spacial score (nSPS) is 32.7. The molecule has 0 atom stereocenters. The highest BCUT2D eigenvalue weighted by atomic mass is 19.4. The van der Waals surface area contributed by atoms with Crippen molar-refractivity contribution in [3.63, 3.8) is 0 Å². The second-order valence-electron chi connectivity index (χ2n) is 12.0. The van der Waals surface area contributed by atoms with Crippen molar-refractivity contribution in [2.75, 3.05) is 0 Å². The second-order valence-corrected chi connectivity index (χ2v) is 12.0. The Balaban J connectivity index is 1.39. The van der Waals surface area contributed by atoms with Crippen LogP contribution < -0.4 is 0 Å². The number of benzene rings is 1. The van der Waals surface area contributed by atoms with Crippen LogP contribution in [0.25, 0.3) is 6.08 Å². The summed E-state index contributed by atoms with van der Waals surface area (Å²) in [6.07, 6.45) is 14.8. The van der Waals surface area contributed by atoms with E-state index in [1.807, 2.05) is 6.08 Å². The quantitative estimate of drug-likeness (QED) is 0.346. The van der Waals surface area contributed by atoms with Crippen molar-refractivity contribution in [2.24, 2.45) is 29.6 Å². The van der Waals surface area contributed by atoms with Gasteiger partial charge in [-0.1, -0.05) is 76.7 Å². The first-order valence-electron chi connectivity index (χ1n) is 14.3. The maximum atomic E-state index is 15.3. The van der Waals surface area contributed by atoms with Crippen LogP contribution in [-0.2, 0) is 6.18 Å². The van der Waals surface area contributed by atoms with E-state index in [9.17, 15) is 13.2 Å². The van der Waals surface area contributed by atoms with Gasteiger partial charge in [-0.15, -0.1) is 0 Å². The van der Waals surface area contributed by atoms with Gasteiger partial charge in [-0.2, -0.15) is 13.2 Å². The molecule has 0 spiro atoms. The molecule has 0 heterocycles. The highest BCUT2D eigenvalue weighted by molar-refractivity contribution is 5.57. The van der Waals surface area contributed by atoms with E-state index >= 15 is 4.39 Å². The van der Waals surface area contributed by atoms with Gasteiger partial charge < -0.3 is 0 Å². The number of allylic oxidation sites excluding steroid dienone is 1. The molecule has 3 aliphatic rings. The van der Waals surface area contributed by atoms with Crippen LogP contribution in [0.4, 0.5) is 17.6 Å². The van der Waals surface area contributed by atoms with Crippen molar-refractivity contribution in [3.05, 3.63) is 40.7 Å². The second kappa shape index (κ2) is 11.8. The van der Waals surface area contributed by atoms with Crippen LogP contribution in [0, 0.1) is 35.4 Å². The van der Waals surface area contributed by atoms with Gasteiger partial charge in [-0.25, -0.2) is 4.39 Å². The minimum absolute atomic E-state index is 0.0145. The van der Waals surface area contributed by atoms with Gasteiger partial charge in [-0.05, 0) is 98.0 Å². The third-order valence-electron chi connectivity index (χ3n) is 9.56. The molecule has 196 valence electrons. The molecule has 0 radical (unpaired) electrons. The van der Waals surface area contributed by atoms with E-state index in [0.29, 0.717) is 11.8 Å². The SMILES string of the molecule is CCCC1CCC(C2CCC(C=Cc3ccc(C4CCC(C)CC4)c(F)c3C(F)(F)F)CC2)CC1. The van der Waals surface area contributed by atoms with Gasteiger partial charge in [-0.3, -0.25) is 0 Å². The van der Waals surface area contributed by atoms with Crippen LogP contribution in [0.15, 0.2) is 18.2 Å². The van der Waals surface area contributed by atoms with Gasteiger partial charge in [0.25, 0.3) is 0 Å². The fourth-order valence-electron chi connectivity index (χ4n) is 7.33. The number of alkyl halides is 3. The summed E-state index contributed by atoms with van der Waals surface area (Å²) in [7, 11) is 0. The molecule has 0 saturated heterocycles. The van der Waals surface area contributed by atoms with Crippen molar-refractivity contribution < 1.29 is 17.6 Å². The van der Waals surface area contributed by atoms with E-state index < -0.39 is 17.6 Å². The van der Waals surface area contributed by atoms with E-state index in [-0.39, 0.29) is 17.0 Å². The van der Waals surface area contributed by atoms with Crippen LogP contribution in [0.3, 0.4) is 0 Å². The average Bonchev–Trinajstić information content (AvgIpc) is 2.84. The summed E-state index contributed by atoms with van der Waals surface area (Å²) in [6.45, 7) is 4.44. The molecule has 4 heteroatoms. The van der Waals surface area contributed by atoms with Gasteiger partial charge in [0.15, 0.2) is 0 Å². The molecule has 0 N–H and O–H groups in total. The predicted molar refractivity (Wildman–Crippen MR) is 137 cm³/mol. The molecule has 3 fully saturated rings. The Morgan fingerprint density at radius 3 is 2.00 bits per heavy atom. The molecule has 1 aromatic rings. The van der Waals surface area contributed by atoms with Crippen LogP contribution in [-0.4, -0.2) is 0 Å². The molecule has 3 saturated carbocycles. The lowest BCUT2D eigenvalue weighted by Crippen LogP contribution is -2.25. The summed E-state index contributed by atoms with van der Waals surface area (Å²) in [4.78, 5) is 0.